The van der Waals surface area contributed by atoms with E-state index in [4.69, 9.17) is 0 Å². The first-order valence-corrected chi connectivity index (χ1v) is 2.46. The van der Waals surface area contributed by atoms with Crippen LogP contribution in [0.1, 0.15) is 0 Å². The molecule has 0 N–H and O–H groups in total. The zero-order chi connectivity index (χ0) is 7.89. The molecule has 0 aliphatic rings. The maximum atomic E-state index is 10.5. The summed E-state index contributed by atoms with van der Waals surface area (Å²) in [4.78, 5) is 41.7. The molecule has 1 rings (SSSR count). The Labute approximate surface area is 53.9 Å². The molecule has 0 spiro atoms. The van der Waals surface area contributed by atoms with E-state index >= 15 is 0 Å². The average Bonchev–Trinajstić information content (AvgIpc) is 2.07. The molecular formula is C5H3NO4. The van der Waals surface area contributed by atoms with E-state index in [-0.39, 0.29) is 0 Å². The Bertz CT molecular complexity index is 404. The van der Waals surface area contributed by atoms with Gasteiger partial charge in [0.25, 0.3) is 10.9 Å². The van der Waals surface area contributed by atoms with Crippen molar-refractivity contribution in [2.45, 2.75) is 0 Å². The van der Waals surface area contributed by atoms with Crippen LogP contribution in [0.25, 0.3) is 0 Å². The summed E-state index contributed by atoms with van der Waals surface area (Å²) in [5.74, 6) is 0. The maximum Gasteiger partial charge on any atom is 0.305 e. The Kier molecular flexibility index (Phi) is 1.14. The second kappa shape index (κ2) is 1.73. The molecule has 10 heavy (non-hydrogen) atoms. The van der Waals surface area contributed by atoms with Crippen molar-refractivity contribution in [3.05, 3.63) is 41.2 Å². The predicted octanol–water partition coefficient (Wildman–Crippen LogP) is -2.66. The zero-order valence-electron chi connectivity index (χ0n) is 5.08. The van der Waals surface area contributed by atoms with Crippen molar-refractivity contribution < 1.29 is 0 Å². The van der Waals surface area contributed by atoms with Crippen LogP contribution in [-0.4, -0.2) is 4.57 Å². The van der Waals surface area contributed by atoms with E-state index in [2.05, 4.69) is 0 Å². The van der Waals surface area contributed by atoms with Crippen molar-refractivity contribution in [2.75, 3.05) is 0 Å². The molecule has 0 amide bonds. The number of aromatic nitrogens is 1. The number of nitrogens with zero attached hydrogens (tertiary/aromatic N) is 1. The van der Waals surface area contributed by atoms with Gasteiger partial charge in [0.1, 0.15) is 0 Å². The van der Waals surface area contributed by atoms with Crippen molar-refractivity contribution in [1.29, 1.82) is 0 Å². The minimum atomic E-state index is -1.24. The van der Waals surface area contributed by atoms with Gasteiger partial charge in [0.2, 0.25) is 0 Å². The van der Waals surface area contributed by atoms with Gasteiger partial charge in [0.05, 0.1) is 0 Å². The van der Waals surface area contributed by atoms with Gasteiger partial charge in [-0.2, -0.15) is 0 Å². The summed E-state index contributed by atoms with van der Waals surface area (Å²) in [6, 6.07) is 0. The maximum absolute atomic E-state index is 10.5. The molecule has 0 unspecified atom stereocenters. The third-order valence-electron chi connectivity index (χ3n) is 1.20. The van der Waals surface area contributed by atoms with Crippen LogP contribution in [0.3, 0.4) is 0 Å². The van der Waals surface area contributed by atoms with Gasteiger partial charge in [0, 0.05) is 7.05 Å². The Morgan fingerprint density at radius 3 is 1.30 bits per heavy atom. The highest BCUT2D eigenvalue weighted by Crippen LogP contribution is 1.43. The van der Waals surface area contributed by atoms with Crippen LogP contribution >= 0.6 is 0 Å². The lowest BCUT2D eigenvalue weighted by Crippen LogP contribution is -2.34. The number of rotatable bonds is 0. The molecule has 0 saturated heterocycles. The Morgan fingerprint density at radius 2 is 1.20 bits per heavy atom. The van der Waals surface area contributed by atoms with Crippen molar-refractivity contribution in [3.63, 3.8) is 0 Å². The second-order valence-electron chi connectivity index (χ2n) is 1.83. The van der Waals surface area contributed by atoms with Gasteiger partial charge in [-0.15, -0.1) is 0 Å². The van der Waals surface area contributed by atoms with Crippen LogP contribution in [0.15, 0.2) is 19.2 Å². The summed E-state index contributed by atoms with van der Waals surface area (Å²) in [6.45, 7) is 0. The van der Waals surface area contributed by atoms with Gasteiger partial charge >= 0.3 is 11.1 Å². The first-order valence-electron chi connectivity index (χ1n) is 2.46. The molecule has 0 radical (unpaired) electrons. The molecule has 0 aliphatic carbocycles. The molecular weight excluding hydrogens is 138 g/mol. The molecule has 5 nitrogen and oxygen atoms in total. The van der Waals surface area contributed by atoms with Crippen molar-refractivity contribution in [1.82, 2.24) is 4.57 Å². The average molecular weight is 141 g/mol. The minimum absolute atomic E-state index is 0.505. The molecule has 1 heterocycles. The van der Waals surface area contributed by atoms with Crippen molar-refractivity contribution >= 4 is 0 Å². The SMILES string of the molecule is Cn1c(=O)c(=O)c(=O)c1=O. The Hall–Kier alpha value is -1.52. The van der Waals surface area contributed by atoms with Crippen LogP contribution in [-0.2, 0) is 7.05 Å². The number of hydrogen-bond acceptors (Lipinski definition) is 4. The lowest BCUT2D eigenvalue weighted by molar-refractivity contribution is 0.843. The van der Waals surface area contributed by atoms with Crippen LogP contribution in [0.5, 0.6) is 0 Å². The van der Waals surface area contributed by atoms with Crippen molar-refractivity contribution in [2.24, 2.45) is 7.05 Å². The van der Waals surface area contributed by atoms with E-state index in [1.54, 1.807) is 0 Å². The largest absolute Gasteiger partial charge is 0.305 e. The molecule has 1 aromatic heterocycles. The summed E-state index contributed by atoms with van der Waals surface area (Å²) >= 11 is 0. The quantitative estimate of drug-likeness (QED) is 0.369. The molecule has 1 aromatic rings. The van der Waals surface area contributed by atoms with Gasteiger partial charge < -0.3 is 0 Å². The topological polar surface area (TPSA) is 73.2 Å². The van der Waals surface area contributed by atoms with Gasteiger partial charge in [0.15, 0.2) is 0 Å². The molecule has 5 heteroatoms. The fourth-order valence-corrected chi connectivity index (χ4v) is 0.591. The third-order valence-corrected chi connectivity index (χ3v) is 1.20. The van der Waals surface area contributed by atoms with Gasteiger partial charge in [-0.1, -0.05) is 0 Å². The standard InChI is InChI=1S/C5H3NO4/c1-6-4(9)2(7)3(8)5(6)10/h1H3. The molecule has 0 aliphatic heterocycles. The van der Waals surface area contributed by atoms with E-state index in [1.807, 2.05) is 0 Å². The zero-order valence-corrected chi connectivity index (χ0v) is 5.08. The summed E-state index contributed by atoms with van der Waals surface area (Å²) in [5, 5.41) is 0. The van der Waals surface area contributed by atoms with Crippen LogP contribution in [0.2, 0.25) is 0 Å². The smallest absolute Gasteiger partial charge is 0.279 e. The monoisotopic (exact) mass is 141 g/mol. The molecule has 0 atom stereocenters. The predicted molar refractivity (Wildman–Crippen MR) is 32.9 cm³/mol. The van der Waals surface area contributed by atoms with Gasteiger partial charge in [-0.3, -0.25) is 23.7 Å². The molecule has 52 valence electrons. The van der Waals surface area contributed by atoms with Crippen LogP contribution in [0, 0.1) is 0 Å². The molecule has 0 bridgehead atoms. The summed E-state index contributed by atoms with van der Waals surface area (Å²) in [5.41, 5.74) is -4.58. The van der Waals surface area contributed by atoms with E-state index in [9.17, 15) is 19.2 Å². The third kappa shape index (κ3) is 0.570. The van der Waals surface area contributed by atoms with E-state index in [0.717, 1.165) is 7.05 Å². The lowest BCUT2D eigenvalue weighted by atomic mass is 10.6. The van der Waals surface area contributed by atoms with Crippen molar-refractivity contribution in [3.8, 4) is 0 Å². The normalized spacial score (nSPS) is 10.1. The highest BCUT2D eigenvalue weighted by Gasteiger charge is 2.10. The fourth-order valence-electron chi connectivity index (χ4n) is 0.591. The fraction of sp³-hybridized carbons (Fsp3) is 0.200. The van der Waals surface area contributed by atoms with Gasteiger partial charge in [-0.05, 0) is 0 Å². The Balaban J connectivity index is 4.18. The lowest BCUT2D eigenvalue weighted by Gasteiger charge is -1.75. The number of hydrogen-bond donors (Lipinski definition) is 0. The Morgan fingerprint density at radius 1 is 0.900 bits per heavy atom. The first kappa shape index (κ1) is 6.60. The molecule has 0 fully saturated rings. The van der Waals surface area contributed by atoms with Gasteiger partial charge in [-0.25, -0.2) is 0 Å². The summed E-state index contributed by atoms with van der Waals surface area (Å²) < 4.78 is 0.505. The molecule has 0 saturated carbocycles. The second-order valence-corrected chi connectivity index (χ2v) is 1.83. The van der Waals surface area contributed by atoms with E-state index < -0.39 is 22.0 Å². The van der Waals surface area contributed by atoms with Crippen LogP contribution < -0.4 is 22.0 Å². The van der Waals surface area contributed by atoms with E-state index in [1.165, 1.54) is 0 Å². The van der Waals surface area contributed by atoms with E-state index in [0.29, 0.717) is 4.57 Å². The highest BCUT2D eigenvalue weighted by molar-refractivity contribution is 4.94. The minimum Gasteiger partial charge on any atom is -0.279 e. The molecule has 0 aromatic carbocycles. The summed E-state index contributed by atoms with van der Waals surface area (Å²) in [6.07, 6.45) is 0. The first-order chi connectivity index (χ1) is 4.55. The van der Waals surface area contributed by atoms with Crippen LogP contribution in [0.4, 0.5) is 0 Å². The summed E-state index contributed by atoms with van der Waals surface area (Å²) in [7, 11) is 1.09. The highest BCUT2D eigenvalue weighted by atomic mass is 16.2.